The number of ketones is 1. The summed E-state index contributed by atoms with van der Waals surface area (Å²) in [6.45, 7) is 4.15. The van der Waals surface area contributed by atoms with E-state index < -0.39 is 5.92 Å². The van der Waals surface area contributed by atoms with E-state index in [9.17, 15) is 10.1 Å². The largest absolute Gasteiger partial charge is 0.297 e. The Labute approximate surface area is 169 Å². The maximum absolute atomic E-state index is 12.6. The number of carbonyl (C=O) groups is 1. The quantitative estimate of drug-likeness (QED) is 0.450. The fourth-order valence-corrected chi connectivity index (χ4v) is 6.56. The minimum Gasteiger partial charge on any atom is -0.297 e. The Hall–Kier alpha value is -1.82. The lowest BCUT2D eigenvalue weighted by Crippen LogP contribution is -2.13. The van der Waals surface area contributed by atoms with Crippen LogP contribution in [-0.4, -0.2) is 26.5 Å². The number of Topliss-reactive ketones (excluding diaryl/α,β-unsaturated/α-hetero) is 1. The summed E-state index contributed by atoms with van der Waals surface area (Å²) < 4.78 is 0. The fraction of sp³-hybridized carbons (Fsp3) is 0.421. The first-order valence-corrected chi connectivity index (χ1v) is 11.5. The predicted molar refractivity (Wildman–Crippen MR) is 110 cm³/mol. The number of carbonyl (C=O) groups excluding carboxylic acids is 1. The van der Waals surface area contributed by atoms with Crippen LogP contribution in [0.25, 0.3) is 10.2 Å². The topological polar surface area (TPSA) is 79.5 Å². The molecule has 0 bridgehead atoms. The molecule has 0 radical (unpaired) electrons. The van der Waals surface area contributed by atoms with Gasteiger partial charge in [0.05, 0.1) is 11.8 Å². The highest BCUT2D eigenvalue weighted by atomic mass is 32.2. The van der Waals surface area contributed by atoms with Gasteiger partial charge in [-0.15, -0.1) is 22.7 Å². The molecule has 0 saturated heterocycles. The molecule has 0 amide bonds. The molecule has 0 aromatic carbocycles. The molecule has 3 aromatic heterocycles. The van der Waals surface area contributed by atoms with Crippen LogP contribution in [0, 0.1) is 24.2 Å². The van der Waals surface area contributed by atoms with Crippen LogP contribution >= 0.6 is 34.4 Å². The number of thiophene rings is 1. The normalized spacial score (nSPS) is 17.4. The third kappa shape index (κ3) is 3.64. The van der Waals surface area contributed by atoms with E-state index in [4.69, 9.17) is 0 Å². The first-order chi connectivity index (χ1) is 13.1. The molecule has 0 unspecified atom stereocenters. The van der Waals surface area contributed by atoms with E-state index in [1.165, 1.54) is 40.0 Å². The summed E-state index contributed by atoms with van der Waals surface area (Å²) in [6.07, 6.45) is 4.90. The highest BCUT2D eigenvalue weighted by Crippen LogP contribution is 2.40. The van der Waals surface area contributed by atoms with Crippen LogP contribution in [0.2, 0.25) is 0 Å². The second-order valence-corrected chi connectivity index (χ2v) is 9.79. The zero-order valence-electron chi connectivity index (χ0n) is 15.1. The van der Waals surface area contributed by atoms with Gasteiger partial charge in [-0.3, -0.25) is 4.79 Å². The Morgan fingerprint density at radius 2 is 2.33 bits per heavy atom. The monoisotopic (exact) mass is 414 g/mol. The molecule has 27 heavy (non-hydrogen) atoms. The van der Waals surface area contributed by atoms with Gasteiger partial charge >= 0.3 is 0 Å². The number of rotatable bonds is 5. The van der Waals surface area contributed by atoms with Crippen molar-refractivity contribution in [2.24, 2.45) is 5.92 Å². The summed E-state index contributed by atoms with van der Waals surface area (Å²) in [6, 6.07) is 2.11. The van der Waals surface area contributed by atoms with E-state index in [2.05, 4.69) is 27.9 Å². The molecule has 4 rings (SSSR count). The lowest BCUT2D eigenvalue weighted by molar-refractivity contribution is -0.116. The lowest BCUT2D eigenvalue weighted by atomic mass is 9.89. The number of thiazole rings is 1. The SMILES string of the molecule is Cc1csc([C@@H](C#N)C(=O)CSc2ncnc3sc4c(c23)CC[C@@H](C)C4)n1. The average Bonchev–Trinajstić information content (AvgIpc) is 3.23. The van der Waals surface area contributed by atoms with E-state index in [0.29, 0.717) is 10.9 Å². The Balaban J connectivity index is 1.57. The van der Waals surface area contributed by atoms with Crippen LogP contribution in [0.3, 0.4) is 0 Å². The van der Waals surface area contributed by atoms with Gasteiger partial charge in [-0.05, 0) is 37.7 Å². The minimum absolute atomic E-state index is 0.124. The molecule has 1 aliphatic rings. The van der Waals surface area contributed by atoms with Gasteiger partial charge in [-0.2, -0.15) is 5.26 Å². The van der Waals surface area contributed by atoms with Crippen LogP contribution in [0.15, 0.2) is 16.7 Å². The van der Waals surface area contributed by atoms with Crippen molar-refractivity contribution in [1.29, 1.82) is 5.26 Å². The molecular weight excluding hydrogens is 396 g/mol. The van der Waals surface area contributed by atoms with Crippen molar-refractivity contribution in [2.75, 3.05) is 5.75 Å². The molecule has 0 saturated carbocycles. The maximum Gasteiger partial charge on any atom is 0.167 e. The Kier molecular flexibility index (Phi) is 5.26. The number of nitriles is 1. The van der Waals surface area contributed by atoms with Crippen molar-refractivity contribution in [3.8, 4) is 6.07 Å². The third-order valence-corrected chi connectivity index (χ3v) is 7.94. The van der Waals surface area contributed by atoms with Crippen molar-refractivity contribution in [1.82, 2.24) is 15.0 Å². The fourth-order valence-electron chi connectivity index (χ4n) is 3.35. The number of fused-ring (bicyclic) bond motifs is 3. The molecule has 0 fully saturated rings. The summed E-state index contributed by atoms with van der Waals surface area (Å²) in [4.78, 5) is 28.3. The number of aryl methyl sites for hydroxylation is 2. The van der Waals surface area contributed by atoms with E-state index in [0.717, 1.165) is 33.8 Å². The molecular formula is C19H18N4OS3. The van der Waals surface area contributed by atoms with E-state index >= 15 is 0 Å². The molecule has 5 nitrogen and oxygen atoms in total. The van der Waals surface area contributed by atoms with E-state index in [1.54, 1.807) is 17.7 Å². The zero-order valence-corrected chi connectivity index (χ0v) is 17.5. The van der Waals surface area contributed by atoms with Crippen molar-refractivity contribution >= 4 is 50.4 Å². The van der Waals surface area contributed by atoms with Crippen molar-refractivity contribution in [2.45, 2.75) is 44.1 Å². The van der Waals surface area contributed by atoms with Crippen molar-refractivity contribution in [3.63, 3.8) is 0 Å². The molecule has 8 heteroatoms. The van der Waals surface area contributed by atoms with Crippen LogP contribution in [0.1, 0.15) is 40.4 Å². The highest BCUT2D eigenvalue weighted by molar-refractivity contribution is 8.00. The summed E-state index contributed by atoms with van der Waals surface area (Å²) in [5.74, 6) is -0.00860. The molecule has 0 spiro atoms. The van der Waals surface area contributed by atoms with Crippen molar-refractivity contribution < 1.29 is 4.79 Å². The molecule has 3 aromatic rings. The van der Waals surface area contributed by atoms with Crippen LogP contribution < -0.4 is 0 Å². The Bertz CT molecular complexity index is 1050. The molecule has 0 aliphatic heterocycles. The summed E-state index contributed by atoms with van der Waals surface area (Å²) in [5.41, 5.74) is 2.20. The summed E-state index contributed by atoms with van der Waals surface area (Å²) >= 11 is 4.53. The molecule has 3 heterocycles. The number of aromatic nitrogens is 3. The van der Waals surface area contributed by atoms with Gasteiger partial charge in [0.1, 0.15) is 21.2 Å². The Morgan fingerprint density at radius 1 is 1.48 bits per heavy atom. The molecule has 1 aliphatic carbocycles. The number of hydrogen-bond donors (Lipinski definition) is 0. The van der Waals surface area contributed by atoms with Gasteiger partial charge in [-0.1, -0.05) is 18.7 Å². The number of thioether (sulfide) groups is 1. The van der Waals surface area contributed by atoms with Crippen molar-refractivity contribution in [3.05, 3.63) is 32.8 Å². The van der Waals surface area contributed by atoms with Gasteiger partial charge < -0.3 is 0 Å². The number of hydrogen-bond acceptors (Lipinski definition) is 8. The standard InChI is InChI=1S/C19H18N4OS3/c1-10-3-4-12-15(5-10)27-19-16(12)18(21-9-22-19)26-8-14(24)13(6-20)17-23-11(2)7-25-17/h7,9-10,13H,3-5,8H2,1-2H3/t10-,13+/m1/s1. The summed E-state index contributed by atoms with van der Waals surface area (Å²) in [7, 11) is 0. The molecule has 138 valence electrons. The average molecular weight is 415 g/mol. The third-order valence-electron chi connectivity index (χ3n) is 4.74. The van der Waals surface area contributed by atoms with E-state index in [1.807, 2.05) is 12.3 Å². The second kappa shape index (κ2) is 7.66. The zero-order chi connectivity index (χ0) is 19.0. The van der Waals surface area contributed by atoms with Gasteiger partial charge in [0.25, 0.3) is 0 Å². The van der Waals surface area contributed by atoms with E-state index in [-0.39, 0.29) is 11.5 Å². The molecule has 0 N–H and O–H groups in total. The first kappa shape index (κ1) is 18.5. The van der Waals surface area contributed by atoms with Gasteiger partial charge in [-0.25, -0.2) is 15.0 Å². The highest BCUT2D eigenvalue weighted by Gasteiger charge is 2.26. The van der Waals surface area contributed by atoms with Crippen LogP contribution in [0.4, 0.5) is 0 Å². The van der Waals surface area contributed by atoms with Gasteiger partial charge in [0.15, 0.2) is 11.7 Å². The predicted octanol–water partition coefficient (Wildman–Crippen LogP) is 4.55. The van der Waals surface area contributed by atoms with Gasteiger partial charge in [0, 0.05) is 21.3 Å². The lowest BCUT2D eigenvalue weighted by Gasteiger charge is -2.18. The minimum atomic E-state index is -0.800. The first-order valence-electron chi connectivity index (χ1n) is 8.79. The second-order valence-electron chi connectivity index (χ2n) is 6.85. The maximum atomic E-state index is 12.6. The van der Waals surface area contributed by atoms with Crippen LogP contribution in [-0.2, 0) is 17.6 Å². The van der Waals surface area contributed by atoms with Gasteiger partial charge in [0.2, 0.25) is 0 Å². The van der Waals surface area contributed by atoms with Crippen LogP contribution in [0.5, 0.6) is 0 Å². The summed E-state index contributed by atoms with van der Waals surface area (Å²) in [5, 5.41) is 13.9. The molecule has 2 atom stereocenters. The smallest absolute Gasteiger partial charge is 0.167 e. The number of nitrogens with zero attached hydrogens (tertiary/aromatic N) is 4. The Morgan fingerprint density at radius 3 is 3.07 bits per heavy atom.